The highest BCUT2D eigenvalue weighted by atomic mass is 32.2. The summed E-state index contributed by atoms with van der Waals surface area (Å²) in [6, 6.07) is 5.52. The number of rotatable bonds is 2. The Kier molecular flexibility index (Phi) is 3.91. The Morgan fingerprint density at radius 2 is 2.12 bits per heavy atom. The van der Waals surface area contributed by atoms with Gasteiger partial charge in [-0.05, 0) is 24.5 Å². The SMILES string of the molecule is CSc1ccc(N)cc1C(=O)N1CCNCC1. The van der Waals surface area contributed by atoms with Crippen LogP contribution in [0.25, 0.3) is 0 Å². The number of anilines is 1. The summed E-state index contributed by atoms with van der Waals surface area (Å²) >= 11 is 1.58. The van der Waals surface area contributed by atoms with Gasteiger partial charge in [0.25, 0.3) is 5.91 Å². The monoisotopic (exact) mass is 251 g/mol. The molecule has 0 spiro atoms. The van der Waals surface area contributed by atoms with Crippen molar-refractivity contribution in [1.29, 1.82) is 0 Å². The first kappa shape index (κ1) is 12.3. The van der Waals surface area contributed by atoms with E-state index in [-0.39, 0.29) is 5.91 Å². The first-order chi connectivity index (χ1) is 8.22. The molecule has 0 aromatic heterocycles. The van der Waals surface area contributed by atoms with Crippen LogP contribution in [0.4, 0.5) is 5.69 Å². The summed E-state index contributed by atoms with van der Waals surface area (Å²) in [6.45, 7) is 3.26. The van der Waals surface area contributed by atoms with E-state index in [0.717, 1.165) is 36.6 Å². The zero-order valence-electron chi connectivity index (χ0n) is 9.90. The number of amides is 1. The zero-order valence-corrected chi connectivity index (χ0v) is 10.7. The lowest BCUT2D eigenvalue weighted by atomic mass is 10.1. The van der Waals surface area contributed by atoms with Crippen LogP contribution >= 0.6 is 11.8 Å². The van der Waals surface area contributed by atoms with Crippen LogP contribution in [0.1, 0.15) is 10.4 Å². The standard InChI is InChI=1S/C12H17N3OS/c1-17-11-3-2-9(13)8-10(11)12(16)15-6-4-14-5-7-15/h2-3,8,14H,4-7,13H2,1H3. The molecular formula is C12H17N3OS. The highest BCUT2D eigenvalue weighted by Crippen LogP contribution is 2.24. The van der Waals surface area contributed by atoms with E-state index in [1.54, 1.807) is 17.8 Å². The third-order valence-electron chi connectivity index (χ3n) is 2.86. The Morgan fingerprint density at radius 3 is 2.76 bits per heavy atom. The number of nitrogen functional groups attached to an aromatic ring is 1. The van der Waals surface area contributed by atoms with E-state index in [0.29, 0.717) is 5.69 Å². The molecule has 2 rings (SSSR count). The lowest BCUT2D eigenvalue weighted by molar-refractivity contribution is 0.0732. The van der Waals surface area contributed by atoms with E-state index >= 15 is 0 Å². The van der Waals surface area contributed by atoms with E-state index in [4.69, 9.17) is 5.73 Å². The van der Waals surface area contributed by atoms with Gasteiger partial charge in [0.15, 0.2) is 0 Å². The molecule has 1 fully saturated rings. The van der Waals surface area contributed by atoms with Crippen molar-refractivity contribution in [2.75, 3.05) is 38.2 Å². The number of nitrogens with two attached hydrogens (primary N) is 1. The van der Waals surface area contributed by atoms with Gasteiger partial charge in [-0.15, -0.1) is 11.8 Å². The van der Waals surface area contributed by atoms with Crippen molar-refractivity contribution in [3.63, 3.8) is 0 Å². The molecule has 1 aromatic carbocycles. The van der Waals surface area contributed by atoms with Crippen LogP contribution in [0.2, 0.25) is 0 Å². The van der Waals surface area contributed by atoms with Gasteiger partial charge in [0, 0.05) is 36.8 Å². The van der Waals surface area contributed by atoms with Crippen LogP contribution in [0.15, 0.2) is 23.1 Å². The number of carbonyl (C=O) groups excluding carboxylic acids is 1. The number of carbonyl (C=O) groups is 1. The predicted molar refractivity (Wildman–Crippen MR) is 71.4 cm³/mol. The summed E-state index contributed by atoms with van der Waals surface area (Å²) in [5.74, 6) is 0.0863. The molecule has 0 aliphatic carbocycles. The molecule has 17 heavy (non-hydrogen) atoms. The maximum absolute atomic E-state index is 12.4. The van der Waals surface area contributed by atoms with Crippen LogP contribution in [0.5, 0.6) is 0 Å². The lowest BCUT2D eigenvalue weighted by Crippen LogP contribution is -2.46. The Labute approximate surface area is 106 Å². The van der Waals surface area contributed by atoms with E-state index in [9.17, 15) is 4.79 Å². The molecule has 0 radical (unpaired) electrons. The van der Waals surface area contributed by atoms with Gasteiger partial charge in [0.2, 0.25) is 0 Å². The van der Waals surface area contributed by atoms with Gasteiger partial charge in [-0.3, -0.25) is 4.79 Å². The molecule has 5 heteroatoms. The summed E-state index contributed by atoms with van der Waals surface area (Å²) in [5, 5.41) is 3.24. The topological polar surface area (TPSA) is 58.4 Å². The van der Waals surface area contributed by atoms with E-state index in [1.807, 2.05) is 23.3 Å². The number of hydrogen-bond acceptors (Lipinski definition) is 4. The van der Waals surface area contributed by atoms with Crippen molar-refractivity contribution < 1.29 is 4.79 Å². The summed E-state index contributed by atoms with van der Waals surface area (Å²) in [6.07, 6.45) is 1.97. The van der Waals surface area contributed by atoms with Gasteiger partial charge in [0.05, 0.1) is 5.56 Å². The van der Waals surface area contributed by atoms with Gasteiger partial charge in [-0.1, -0.05) is 0 Å². The number of thioether (sulfide) groups is 1. The second kappa shape index (κ2) is 5.42. The van der Waals surface area contributed by atoms with Crippen LogP contribution in [-0.4, -0.2) is 43.2 Å². The highest BCUT2D eigenvalue weighted by molar-refractivity contribution is 7.98. The molecule has 1 saturated heterocycles. The summed E-state index contributed by atoms with van der Waals surface area (Å²) in [5.41, 5.74) is 7.12. The van der Waals surface area contributed by atoms with Crippen molar-refractivity contribution in [3.8, 4) is 0 Å². The molecule has 1 aliphatic rings. The fourth-order valence-electron chi connectivity index (χ4n) is 1.93. The minimum Gasteiger partial charge on any atom is -0.399 e. The number of benzene rings is 1. The Balaban J connectivity index is 2.25. The molecule has 92 valence electrons. The van der Waals surface area contributed by atoms with Crippen molar-refractivity contribution in [2.45, 2.75) is 4.90 Å². The van der Waals surface area contributed by atoms with Crippen molar-refractivity contribution in [2.24, 2.45) is 0 Å². The molecule has 0 atom stereocenters. The molecule has 4 nitrogen and oxygen atoms in total. The Hall–Kier alpha value is -1.20. The van der Waals surface area contributed by atoms with Crippen LogP contribution in [0.3, 0.4) is 0 Å². The molecule has 1 aliphatic heterocycles. The van der Waals surface area contributed by atoms with E-state index in [1.165, 1.54) is 0 Å². The van der Waals surface area contributed by atoms with E-state index < -0.39 is 0 Å². The highest BCUT2D eigenvalue weighted by Gasteiger charge is 2.20. The minimum absolute atomic E-state index is 0.0863. The summed E-state index contributed by atoms with van der Waals surface area (Å²) in [4.78, 5) is 15.2. The molecule has 1 aromatic rings. The summed E-state index contributed by atoms with van der Waals surface area (Å²) < 4.78 is 0. The Bertz CT molecular complexity index is 416. The number of nitrogens with zero attached hydrogens (tertiary/aromatic N) is 1. The molecule has 0 unspecified atom stereocenters. The largest absolute Gasteiger partial charge is 0.399 e. The maximum atomic E-state index is 12.4. The van der Waals surface area contributed by atoms with Crippen molar-refractivity contribution >= 4 is 23.4 Å². The fourth-order valence-corrected chi connectivity index (χ4v) is 2.50. The molecule has 0 saturated carbocycles. The smallest absolute Gasteiger partial charge is 0.255 e. The Morgan fingerprint density at radius 1 is 1.41 bits per heavy atom. The van der Waals surface area contributed by atoms with Gasteiger partial charge in [-0.2, -0.15) is 0 Å². The second-order valence-electron chi connectivity index (χ2n) is 4.00. The molecule has 3 N–H and O–H groups in total. The number of nitrogens with one attached hydrogen (secondary N) is 1. The second-order valence-corrected chi connectivity index (χ2v) is 4.85. The van der Waals surface area contributed by atoms with Gasteiger partial charge in [0.1, 0.15) is 0 Å². The fraction of sp³-hybridized carbons (Fsp3) is 0.417. The number of piperazine rings is 1. The molecule has 1 amide bonds. The first-order valence-corrected chi connectivity index (χ1v) is 6.88. The average Bonchev–Trinajstić information content (AvgIpc) is 2.39. The predicted octanol–water partition coefficient (Wildman–Crippen LogP) is 1.04. The maximum Gasteiger partial charge on any atom is 0.255 e. The quantitative estimate of drug-likeness (QED) is 0.609. The van der Waals surface area contributed by atoms with Crippen molar-refractivity contribution in [1.82, 2.24) is 10.2 Å². The molecule has 0 bridgehead atoms. The lowest BCUT2D eigenvalue weighted by Gasteiger charge is -2.28. The third-order valence-corrected chi connectivity index (χ3v) is 3.65. The van der Waals surface area contributed by atoms with Gasteiger partial charge < -0.3 is 16.0 Å². The third kappa shape index (κ3) is 2.73. The van der Waals surface area contributed by atoms with Crippen LogP contribution in [-0.2, 0) is 0 Å². The zero-order chi connectivity index (χ0) is 12.3. The number of hydrogen-bond donors (Lipinski definition) is 2. The van der Waals surface area contributed by atoms with E-state index in [2.05, 4.69) is 5.32 Å². The summed E-state index contributed by atoms with van der Waals surface area (Å²) in [7, 11) is 0. The van der Waals surface area contributed by atoms with Gasteiger partial charge in [-0.25, -0.2) is 0 Å². The van der Waals surface area contributed by atoms with Gasteiger partial charge >= 0.3 is 0 Å². The minimum atomic E-state index is 0.0863. The van der Waals surface area contributed by atoms with Crippen LogP contribution < -0.4 is 11.1 Å². The molecule has 1 heterocycles. The molecular weight excluding hydrogens is 234 g/mol. The van der Waals surface area contributed by atoms with Crippen LogP contribution in [0, 0.1) is 0 Å². The normalized spacial score (nSPS) is 15.9. The average molecular weight is 251 g/mol. The first-order valence-electron chi connectivity index (χ1n) is 5.66. The van der Waals surface area contributed by atoms with Crippen molar-refractivity contribution in [3.05, 3.63) is 23.8 Å².